The average molecular weight is 292 g/mol. The number of benzene rings is 1. The molecule has 0 spiro atoms. The van der Waals surface area contributed by atoms with E-state index in [1.807, 2.05) is 37.7 Å². The maximum atomic E-state index is 5.90. The number of hydrogen-bond acceptors (Lipinski definition) is 5. The highest BCUT2D eigenvalue weighted by molar-refractivity contribution is 7.09. The van der Waals surface area contributed by atoms with Crippen LogP contribution in [-0.2, 0) is 13.0 Å². The van der Waals surface area contributed by atoms with Crippen LogP contribution in [0.5, 0.6) is 11.5 Å². The summed E-state index contributed by atoms with van der Waals surface area (Å²) in [6.07, 6.45) is 0.890. The van der Waals surface area contributed by atoms with Crippen LogP contribution in [-0.4, -0.2) is 25.7 Å². The van der Waals surface area contributed by atoms with E-state index in [0.29, 0.717) is 6.61 Å². The van der Waals surface area contributed by atoms with Crippen molar-refractivity contribution in [2.24, 2.45) is 0 Å². The molecule has 0 saturated heterocycles. The highest BCUT2D eigenvalue weighted by atomic mass is 32.1. The van der Waals surface area contributed by atoms with Gasteiger partial charge in [-0.15, -0.1) is 11.3 Å². The second-order valence-corrected chi connectivity index (χ2v) is 5.40. The van der Waals surface area contributed by atoms with Crippen molar-refractivity contribution in [1.29, 1.82) is 0 Å². The zero-order valence-electron chi connectivity index (χ0n) is 12.1. The maximum Gasteiger partial charge on any atom is 0.124 e. The lowest BCUT2D eigenvalue weighted by atomic mass is 10.2. The molecule has 2 aromatic rings. The van der Waals surface area contributed by atoms with Gasteiger partial charge in [0.2, 0.25) is 0 Å². The van der Waals surface area contributed by atoms with E-state index in [4.69, 9.17) is 9.47 Å². The molecule has 108 valence electrons. The third-order valence-corrected chi connectivity index (χ3v) is 4.06. The lowest BCUT2D eigenvalue weighted by Crippen LogP contribution is -2.09. The first-order valence-electron chi connectivity index (χ1n) is 6.58. The Bertz CT molecular complexity index is 555. The van der Waals surface area contributed by atoms with E-state index in [-0.39, 0.29) is 0 Å². The number of thiazole rings is 1. The van der Waals surface area contributed by atoms with Gasteiger partial charge in [0.15, 0.2) is 0 Å². The Morgan fingerprint density at radius 3 is 2.85 bits per heavy atom. The summed E-state index contributed by atoms with van der Waals surface area (Å²) in [7, 11) is 3.59. The molecule has 2 rings (SSSR count). The summed E-state index contributed by atoms with van der Waals surface area (Å²) >= 11 is 1.68. The van der Waals surface area contributed by atoms with Gasteiger partial charge in [-0.25, -0.2) is 4.98 Å². The Morgan fingerprint density at radius 1 is 1.35 bits per heavy atom. The van der Waals surface area contributed by atoms with E-state index in [0.717, 1.165) is 35.7 Å². The molecule has 0 aliphatic rings. The Kier molecular flexibility index (Phi) is 5.38. The summed E-state index contributed by atoms with van der Waals surface area (Å²) in [6, 6.07) is 5.89. The highest BCUT2D eigenvalue weighted by Crippen LogP contribution is 2.24. The van der Waals surface area contributed by atoms with Crippen LogP contribution in [0.1, 0.15) is 16.1 Å². The van der Waals surface area contributed by atoms with Gasteiger partial charge < -0.3 is 14.8 Å². The topological polar surface area (TPSA) is 43.4 Å². The maximum absolute atomic E-state index is 5.90. The summed E-state index contributed by atoms with van der Waals surface area (Å²) in [4.78, 5) is 5.53. The van der Waals surface area contributed by atoms with E-state index in [2.05, 4.69) is 10.3 Å². The van der Waals surface area contributed by atoms with Gasteiger partial charge in [0, 0.05) is 23.4 Å². The van der Waals surface area contributed by atoms with Crippen molar-refractivity contribution in [1.82, 2.24) is 10.3 Å². The first kappa shape index (κ1) is 14.8. The summed E-state index contributed by atoms with van der Waals surface area (Å²) in [5.74, 6) is 1.75. The first-order valence-corrected chi connectivity index (χ1v) is 7.46. The molecular formula is C15H20N2O2S. The van der Waals surface area contributed by atoms with E-state index in [9.17, 15) is 0 Å². The van der Waals surface area contributed by atoms with Gasteiger partial charge in [0.1, 0.15) is 11.5 Å². The predicted octanol–water partition coefficient (Wildman–Crippen LogP) is 2.80. The first-order chi connectivity index (χ1) is 9.74. The van der Waals surface area contributed by atoms with Crippen molar-refractivity contribution in [2.45, 2.75) is 19.9 Å². The Hall–Kier alpha value is -1.59. The van der Waals surface area contributed by atoms with E-state index in [1.54, 1.807) is 18.4 Å². The van der Waals surface area contributed by atoms with Gasteiger partial charge in [0.25, 0.3) is 0 Å². The van der Waals surface area contributed by atoms with E-state index >= 15 is 0 Å². The molecule has 0 amide bonds. The van der Waals surface area contributed by atoms with Crippen LogP contribution < -0.4 is 14.8 Å². The fraction of sp³-hybridized carbons (Fsp3) is 0.400. The standard InChI is InChI=1S/C15H20N2O2S/c1-11-15(20-10-17-11)6-7-19-14-5-4-13(18-3)8-12(14)9-16-2/h4-5,8,10,16H,6-7,9H2,1-3H3. The third kappa shape index (κ3) is 3.71. The van der Waals surface area contributed by atoms with Gasteiger partial charge >= 0.3 is 0 Å². The van der Waals surface area contributed by atoms with Gasteiger partial charge in [-0.1, -0.05) is 0 Å². The quantitative estimate of drug-likeness (QED) is 0.852. The summed E-state index contributed by atoms with van der Waals surface area (Å²) in [5, 5.41) is 3.15. The number of nitrogens with zero attached hydrogens (tertiary/aromatic N) is 1. The smallest absolute Gasteiger partial charge is 0.124 e. The molecule has 0 radical (unpaired) electrons. The van der Waals surface area contributed by atoms with Crippen molar-refractivity contribution in [3.8, 4) is 11.5 Å². The number of aromatic nitrogens is 1. The van der Waals surface area contributed by atoms with Crippen LogP contribution in [0.25, 0.3) is 0 Å². The minimum atomic E-state index is 0.659. The minimum absolute atomic E-state index is 0.659. The fourth-order valence-electron chi connectivity index (χ4n) is 1.97. The van der Waals surface area contributed by atoms with Crippen LogP contribution >= 0.6 is 11.3 Å². The van der Waals surface area contributed by atoms with Gasteiger partial charge in [-0.3, -0.25) is 0 Å². The number of methoxy groups -OCH3 is 1. The fourth-order valence-corrected chi connectivity index (χ4v) is 2.73. The van der Waals surface area contributed by atoms with Crippen molar-refractivity contribution >= 4 is 11.3 Å². The largest absolute Gasteiger partial charge is 0.497 e. The zero-order chi connectivity index (χ0) is 14.4. The molecule has 0 aliphatic carbocycles. The van der Waals surface area contributed by atoms with Crippen molar-refractivity contribution in [2.75, 3.05) is 20.8 Å². The number of rotatable bonds is 7. The Labute approximate surface area is 123 Å². The zero-order valence-corrected chi connectivity index (χ0v) is 12.9. The molecule has 0 unspecified atom stereocenters. The van der Waals surface area contributed by atoms with E-state index in [1.165, 1.54) is 4.88 Å². The number of ether oxygens (including phenoxy) is 2. The SMILES string of the molecule is CNCc1cc(OC)ccc1OCCc1scnc1C. The lowest BCUT2D eigenvalue weighted by molar-refractivity contribution is 0.317. The number of hydrogen-bond donors (Lipinski definition) is 1. The molecule has 1 heterocycles. The Balaban J connectivity index is 1.99. The van der Waals surface area contributed by atoms with Gasteiger partial charge in [-0.2, -0.15) is 0 Å². The Morgan fingerprint density at radius 2 is 2.20 bits per heavy atom. The molecule has 20 heavy (non-hydrogen) atoms. The molecule has 0 fully saturated rings. The second kappa shape index (κ2) is 7.26. The number of nitrogens with one attached hydrogen (secondary N) is 1. The van der Waals surface area contributed by atoms with Gasteiger partial charge in [-0.05, 0) is 32.2 Å². The van der Waals surface area contributed by atoms with Crippen molar-refractivity contribution in [3.05, 3.63) is 39.8 Å². The molecule has 5 heteroatoms. The lowest BCUT2D eigenvalue weighted by Gasteiger charge is -2.12. The summed E-state index contributed by atoms with van der Waals surface area (Å²) < 4.78 is 11.1. The molecule has 1 aromatic heterocycles. The van der Waals surface area contributed by atoms with Crippen LogP contribution in [0.2, 0.25) is 0 Å². The molecule has 1 aromatic carbocycles. The molecule has 0 atom stereocenters. The third-order valence-electron chi connectivity index (χ3n) is 3.07. The molecular weight excluding hydrogens is 272 g/mol. The highest BCUT2D eigenvalue weighted by Gasteiger charge is 2.07. The molecule has 0 aliphatic heterocycles. The molecule has 1 N–H and O–H groups in total. The minimum Gasteiger partial charge on any atom is -0.497 e. The van der Waals surface area contributed by atoms with Crippen molar-refractivity contribution in [3.63, 3.8) is 0 Å². The van der Waals surface area contributed by atoms with Crippen LogP contribution in [0, 0.1) is 6.92 Å². The van der Waals surface area contributed by atoms with Crippen LogP contribution in [0.4, 0.5) is 0 Å². The number of aryl methyl sites for hydroxylation is 1. The predicted molar refractivity (Wildman–Crippen MR) is 81.8 cm³/mol. The molecule has 0 bridgehead atoms. The van der Waals surface area contributed by atoms with Crippen molar-refractivity contribution < 1.29 is 9.47 Å². The summed E-state index contributed by atoms with van der Waals surface area (Å²) in [6.45, 7) is 3.45. The van der Waals surface area contributed by atoms with Crippen LogP contribution in [0.15, 0.2) is 23.7 Å². The van der Waals surface area contributed by atoms with Gasteiger partial charge in [0.05, 0.1) is 24.9 Å². The normalized spacial score (nSPS) is 10.6. The monoisotopic (exact) mass is 292 g/mol. The summed E-state index contributed by atoms with van der Waals surface area (Å²) in [5.41, 5.74) is 4.08. The average Bonchev–Trinajstić information content (AvgIpc) is 2.86. The van der Waals surface area contributed by atoms with Crippen LogP contribution in [0.3, 0.4) is 0 Å². The second-order valence-electron chi connectivity index (χ2n) is 4.46. The molecule has 0 saturated carbocycles. The molecule has 4 nitrogen and oxygen atoms in total. The van der Waals surface area contributed by atoms with E-state index < -0.39 is 0 Å².